The second-order valence-electron chi connectivity index (χ2n) is 6.13. The van der Waals surface area contributed by atoms with E-state index in [1.54, 1.807) is 26.6 Å². The van der Waals surface area contributed by atoms with Crippen LogP contribution in [-0.4, -0.2) is 48.1 Å². The van der Waals surface area contributed by atoms with Crippen molar-refractivity contribution in [3.63, 3.8) is 0 Å². The molecule has 146 valence electrons. The molecule has 27 heavy (non-hydrogen) atoms. The maximum atomic E-state index is 12.5. The topological polar surface area (TPSA) is 76.6 Å². The molecular weight excluding hydrogens is 344 g/mol. The maximum absolute atomic E-state index is 12.5. The van der Waals surface area contributed by atoms with E-state index in [9.17, 15) is 4.79 Å². The first-order valence-electron chi connectivity index (χ1n) is 9.19. The number of ether oxygens (including phenoxy) is 2. The minimum atomic E-state index is -0.0230. The molecule has 1 heterocycles. The van der Waals surface area contributed by atoms with Crippen LogP contribution in [0, 0.1) is 0 Å². The Kier molecular flexibility index (Phi) is 7.85. The van der Waals surface area contributed by atoms with Gasteiger partial charge in [-0.2, -0.15) is 0 Å². The van der Waals surface area contributed by atoms with Gasteiger partial charge < -0.3 is 19.7 Å². The average molecular weight is 372 g/mol. The number of carbonyl (C=O) groups excluding carboxylic acids is 1. The molecular formula is C20H28N4O3. The molecule has 7 nitrogen and oxygen atoms in total. The summed E-state index contributed by atoms with van der Waals surface area (Å²) in [5, 5.41) is 3.15. The quantitative estimate of drug-likeness (QED) is 0.689. The predicted molar refractivity (Wildman–Crippen MR) is 105 cm³/mol. The molecule has 0 spiro atoms. The molecule has 0 radical (unpaired) electrons. The van der Waals surface area contributed by atoms with Crippen molar-refractivity contribution in [3.8, 4) is 11.5 Å². The third-order valence-electron chi connectivity index (χ3n) is 4.07. The van der Waals surface area contributed by atoms with Crippen molar-refractivity contribution in [1.82, 2.24) is 14.9 Å². The summed E-state index contributed by atoms with van der Waals surface area (Å²) in [4.78, 5) is 22.9. The Bertz CT molecular complexity index is 729. The summed E-state index contributed by atoms with van der Waals surface area (Å²) in [5.41, 5.74) is 1.52. The number of nitrogens with zero attached hydrogens (tertiary/aromatic N) is 3. The van der Waals surface area contributed by atoms with Crippen LogP contribution in [0.2, 0.25) is 0 Å². The summed E-state index contributed by atoms with van der Waals surface area (Å²) in [5.74, 6) is 1.80. The van der Waals surface area contributed by atoms with E-state index in [0.29, 0.717) is 29.6 Å². The summed E-state index contributed by atoms with van der Waals surface area (Å²) < 4.78 is 10.5. The van der Waals surface area contributed by atoms with Crippen molar-refractivity contribution in [2.24, 2.45) is 0 Å². The minimum absolute atomic E-state index is 0.0230. The SMILES string of the molecule is CCCN(CCC)C(=O)c1cnc(NCc2ccc(OC)c(OC)c2)nc1. The van der Waals surface area contributed by atoms with E-state index in [1.165, 1.54) is 0 Å². The summed E-state index contributed by atoms with van der Waals surface area (Å²) in [7, 11) is 3.21. The number of nitrogens with one attached hydrogen (secondary N) is 1. The molecule has 0 saturated carbocycles. The molecule has 0 atom stereocenters. The third-order valence-corrected chi connectivity index (χ3v) is 4.07. The van der Waals surface area contributed by atoms with E-state index in [0.717, 1.165) is 31.5 Å². The van der Waals surface area contributed by atoms with Gasteiger partial charge in [0.05, 0.1) is 19.8 Å². The minimum Gasteiger partial charge on any atom is -0.493 e. The standard InChI is InChI=1S/C20H28N4O3/c1-5-9-24(10-6-2)19(25)16-13-22-20(23-14-16)21-12-15-7-8-17(26-3)18(11-15)27-4/h7-8,11,13-14H,5-6,9-10,12H2,1-4H3,(H,21,22,23). The molecule has 1 N–H and O–H groups in total. The van der Waals surface area contributed by atoms with Crippen molar-refractivity contribution in [3.05, 3.63) is 41.7 Å². The van der Waals surface area contributed by atoms with Crippen LogP contribution in [-0.2, 0) is 6.54 Å². The zero-order valence-corrected chi connectivity index (χ0v) is 16.5. The van der Waals surface area contributed by atoms with E-state index in [2.05, 4.69) is 29.1 Å². The van der Waals surface area contributed by atoms with Gasteiger partial charge in [-0.3, -0.25) is 4.79 Å². The van der Waals surface area contributed by atoms with Crippen molar-refractivity contribution < 1.29 is 14.3 Å². The average Bonchev–Trinajstić information content (AvgIpc) is 2.71. The van der Waals surface area contributed by atoms with Crippen molar-refractivity contribution in [2.75, 3.05) is 32.6 Å². The zero-order chi connectivity index (χ0) is 19.6. The fourth-order valence-electron chi connectivity index (χ4n) is 2.74. The lowest BCUT2D eigenvalue weighted by Gasteiger charge is -2.21. The number of benzene rings is 1. The highest BCUT2D eigenvalue weighted by Crippen LogP contribution is 2.27. The Morgan fingerprint density at radius 2 is 1.67 bits per heavy atom. The summed E-state index contributed by atoms with van der Waals surface area (Å²) in [6.07, 6.45) is 5.00. The Morgan fingerprint density at radius 3 is 2.22 bits per heavy atom. The van der Waals surface area contributed by atoms with Crippen LogP contribution in [0.5, 0.6) is 11.5 Å². The van der Waals surface area contributed by atoms with E-state index in [4.69, 9.17) is 9.47 Å². The lowest BCUT2D eigenvalue weighted by Crippen LogP contribution is -2.32. The summed E-state index contributed by atoms with van der Waals surface area (Å²) in [6.45, 7) is 6.14. The fraction of sp³-hybridized carbons (Fsp3) is 0.450. The van der Waals surface area contributed by atoms with Crippen LogP contribution in [0.25, 0.3) is 0 Å². The lowest BCUT2D eigenvalue weighted by atomic mass is 10.2. The number of hydrogen-bond acceptors (Lipinski definition) is 6. The second-order valence-corrected chi connectivity index (χ2v) is 6.13. The Morgan fingerprint density at radius 1 is 1.04 bits per heavy atom. The van der Waals surface area contributed by atoms with Gasteiger partial charge in [-0.1, -0.05) is 19.9 Å². The molecule has 0 saturated heterocycles. The molecule has 0 unspecified atom stereocenters. The summed E-state index contributed by atoms with van der Waals surface area (Å²) in [6, 6.07) is 5.70. The Labute approximate surface area is 160 Å². The largest absolute Gasteiger partial charge is 0.493 e. The number of amides is 1. The number of hydrogen-bond donors (Lipinski definition) is 1. The highest BCUT2D eigenvalue weighted by atomic mass is 16.5. The van der Waals surface area contributed by atoms with Crippen LogP contribution in [0.3, 0.4) is 0 Å². The van der Waals surface area contributed by atoms with Crippen LogP contribution >= 0.6 is 0 Å². The molecule has 0 bridgehead atoms. The Balaban J connectivity index is 2.00. The molecule has 2 aromatic rings. The molecule has 1 aromatic heterocycles. The molecule has 0 fully saturated rings. The maximum Gasteiger partial charge on any atom is 0.256 e. The number of rotatable bonds is 10. The molecule has 0 aliphatic rings. The van der Waals surface area contributed by atoms with E-state index in [1.807, 2.05) is 23.1 Å². The number of methoxy groups -OCH3 is 2. The van der Waals surface area contributed by atoms with E-state index >= 15 is 0 Å². The molecule has 1 aromatic carbocycles. The molecule has 0 aliphatic heterocycles. The normalized spacial score (nSPS) is 10.4. The number of aromatic nitrogens is 2. The molecule has 2 rings (SSSR count). The van der Waals surface area contributed by atoms with Gasteiger partial charge in [-0.05, 0) is 30.5 Å². The van der Waals surface area contributed by atoms with Crippen LogP contribution in [0.15, 0.2) is 30.6 Å². The highest BCUT2D eigenvalue weighted by Gasteiger charge is 2.15. The van der Waals surface area contributed by atoms with Gasteiger partial charge in [0.25, 0.3) is 5.91 Å². The van der Waals surface area contributed by atoms with Gasteiger partial charge >= 0.3 is 0 Å². The van der Waals surface area contributed by atoms with Gasteiger partial charge in [-0.15, -0.1) is 0 Å². The van der Waals surface area contributed by atoms with Crippen LogP contribution < -0.4 is 14.8 Å². The van der Waals surface area contributed by atoms with Crippen molar-refractivity contribution in [2.45, 2.75) is 33.2 Å². The fourth-order valence-corrected chi connectivity index (χ4v) is 2.74. The van der Waals surface area contributed by atoms with Gasteiger partial charge in [0.15, 0.2) is 11.5 Å². The first-order valence-corrected chi connectivity index (χ1v) is 9.19. The second kappa shape index (κ2) is 10.4. The first kappa shape index (κ1) is 20.5. The van der Waals surface area contributed by atoms with Crippen molar-refractivity contribution in [1.29, 1.82) is 0 Å². The van der Waals surface area contributed by atoms with Gasteiger partial charge in [0.2, 0.25) is 5.95 Å². The van der Waals surface area contributed by atoms with Crippen LogP contribution in [0.4, 0.5) is 5.95 Å². The molecule has 0 aliphatic carbocycles. The first-order chi connectivity index (χ1) is 13.1. The molecule has 1 amide bonds. The predicted octanol–water partition coefficient (Wildman–Crippen LogP) is 3.37. The van der Waals surface area contributed by atoms with Gasteiger partial charge in [0.1, 0.15) is 0 Å². The lowest BCUT2D eigenvalue weighted by molar-refractivity contribution is 0.0754. The number of anilines is 1. The third kappa shape index (κ3) is 5.57. The smallest absolute Gasteiger partial charge is 0.256 e. The van der Waals surface area contributed by atoms with E-state index < -0.39 is 0 Å². The number of carbonyl (C=O) groups is 1. The van der Waals surface area contributed by atoms with Gasteiger partial charge in [-0.25, -0.2) is 9.97 Å². The monoisotopic (exact) mass is 372 g/mol. The summed E-state index contributed by atoms with van der Waals surface area (Å²) >= 11 is 0. The van der Waals surface area contributed by atoms with Crippen molar-refractivity contribution >= 4 is 11.9 Å². The van der Waals surface area contributed by atoms with Gasteiger partial charge in [0, 0.05) is 32.0 Å². The Hall–Kier alpha value is -2.83. The molecule has 7 heteroatoms. The van der Waals surface area contributed by atoms with Crippen LogP contribution in [0.1, 0.15) is 42.6 Å². The zero-order valence-electron chi connectivity index (χ0n) is 16.5. The van der Waals surface area contributed by atoms with E-state index in [-0.39, 0.29) is 5.91 Å². The highest BCUT2D eigenvalue weighted by molar-refractivity contribution is 5.93.